The van der Waals surface area contributed by atoms with E-state index in [0.29, 0.717) is 0 Å². The van der Waals surface area contributed by atoms with Gasteiger partial charge in [0, 0.05) is 0 Å². The summed E-state index contributed by atoms with van der Waals surface area (Å²) in [5.41, 5.74) is 0. The van der Waals surface area contributed by atoms with E-state index in [2.05, 4.69) is 60.3 Å². The van der Waals surface area contributed by atoms with E-state index in [-0.39, 0.29) is 0 Å². The minimum Gasteiger partial charge on any atom is -0.144 e. The van der Waals surface area contributed by atoms with E-state index in [1.54, 1.807) is 0 Å². The zero-order valence-corrected chi connectivity index (χ0v) is 14.9. The lowest BCUT2D eigenvalue weighted by atomic mass is 10.3. The first-order valence-electron chi connectivity index (χ1n) is 6.85. The van der Waals surface area contributed by atoms with Crippen LogP contribution in [-0.2, 0) is 0 Å². The lowest BCUT2D eigenvalue weighted by Crippen LogP contribution is -2.36. The monoisotopic (exact) mass is 254 g/mol. The summed E-state index contributed by atoms with van der Waals surface area (Å²) in [6.45, 7) is 19.4. The van der Waals surface area contributed by atoms with Crippen molar-refractivity contribution >= 4 is 22.2 Å². The van der Waals surface area contributed by atoms with E-state index in [1.807, 2.05) is 4.06 Å². The van der Waals surface area contributed by atoms with Crippen LogP contribution in [0.15, 0.2) is 10.1 Å². The Morgan fingerprint density at radius 3 is 1.56 bits per heavy atom. The number of allylic oxidation sites excluding steroid dienone is 1. The van der Waals surface area contributed by atoms with Gasteiger partial charge in [0.2, 0.25) is 0 Å². The highest BCUT2D eigenvalue weighted by Crippen LogP contribution is 2.27. The van der Waals surface area contributed by atoms with Crippen molar-refractivity contribution in [1.82, 2.24) is 0 Å². The highest BCUT2D eigenvalue weighted by Gasteiger charge is 2.31. The molecule has 0 bridgehead atoms. The smallest absolute Gasteiger partial charge is 0.144 e. The van der Waals surface area contributed by atoms with E-state index in [1.165, 1.54) is 10.6 Å². The van der Waals surface area contributed by atoms with Crippen molar-refractivity contribution in [3.63, 3.8) is 0 Å². The standard InChI is InChI=1S/C6H13Si.2C4H9.Al/c1-5-6-7(2,3)4;2*1-4(2)3;/h5H,1-4H3;2*4H,1H2,2-3H3;. The summed E-state index contributed by atoms with van der Waals surface area (Å²) in [4.78, 5) is 0. The van der Waals surface area contributed by atoms with Crippen molar-refractivity contribution in [2.45, 2.75) is 64.8 Å². The molecule has 94 valence electrons. The van der Waals surface area contributed by atoms with E-state index < -0.39 is 22.2 Å². The van der Waals surface area contributed by atoms with Crippen LogP contribution in [0.3, 0.4) is 0 Å². The van der Waals surface area contributed by atoms with Crippen molar-refractivity contribution in [3.8, 4) is 0 Å². The number of hydrogen-bond acceptors (Lipinski definition) is 0. The molecule has 16 heavy (non-hydrogen) atoms. The summed E-state index contributed by atoms with van der Waals surface area (Å²) in [6.07, 6.45) is 2.48. The lowest BCUT2D eigenvalue weighted by molar-refractivity contribution is 0.693. The van der Waals surface area contributed by atoms with E-state index in [4.69, 9.17) is 0 Å². The molecule has 0 aromatic carbocycles. The summed E-state index contributed by atoms with van der Waals surface area (Å²) < 4.78 is 1.93. The lowest BCUT2D eigenvalue weighted by Gasteiger charge is -2.28. The molecule has 0 aliphatic heterocycles. The van der Waals surface area contributed by atoms with E-state index in [9.17, 15) is 0 Å². The molecule has 0 fully saturated rings. The Kier molecular flexibility index (Phi) is 7.26. The SMILES string of the molecule is C/C=[C](/[Al]([CH2]C(C)C)[CH2]C(C)C)[Si](C)(C)C. The van der Waals surface area contributed by atoms with Gasteiger partial charge in [-0.1, -0.05) is 69.7 Å². The van der Waals surface area contributed by atoms with Crippen molar-refractivity contribution in [1.29, 1.82) is 0 Å². The quantitative estimate of drug-likeness (QED) is 0.575. The normalized spacial score (nSPS) is 13.8. The molecule has 0 spiro atoms. The second-order valence-corrected chi connectivity index (χ2v) is 15.6. The average Bonchev–Trinajstić information content (AvgIpc) is 1.99. The Labute approximate surface area is 109 Å². The van der Waals surface area contributed by atoms with Crippen LogP contribution in [-0.4, -0.2) is 22.2 Å². The van der Waals surface area contributed by atoms with Gasteiger partial charge in [-0.3, -0.25) is 0 Å². The van der Waals surface area contributed by atoms with Gasteiger partial charge in [0.15, 0.2) is 0 Å². The minimum absolute atomic E-state index is 0.667. The van der Waals surface area contributed by atoms with Crippen LogP contribution in [0.4, 0.5) is 0 Å². The van der Waals surface area contributed by atoms with Gasteiger partial charge in [0.1, 0.15) is 0 Å². The van der Waals surface area contributed by atoms with Gasteiger partial charge in [-0.2, -0.15) is 0 Å². The van der Waals surface area contributed by atoms with Gasteiger partial charge in [-0.15, -0.1) is 10.1 Å². The first-order valence-corrected chi connectivity index (χ1v) is 12.6. The summed E-state index contributed by atoms with van der Waals surface area (Å²) in [5, 5.41) is 3.00. The van der Waals surface area contributed by atoms with Crippen LogP contribution in [0.1, 0.15) is 34.6 Å². The maximum Gasteiger partial charge on any atom is 0.294 e. The van der Waals surface area contributed by atoms with Crippen LogP contribution in [0.2, 0.25) is 30.2 Å². The van der Waals surface area contributed by atoms with Gasteiger partial charge in [0.25, 0.3) is 14.1 Å². The highest BCUT2D eigenvalue weighted by molar-refractivity contribution is 6.98. The molecule has 0 heterocycles. The molecule has 0 saturated carbocycles. The molecule has 0 aliphatic carbocycles. The first-order chi connectivity index (χ1) is 7.18. The third kappa shape index (κ3) is 6.28. The zero-order valence-electron chi connectivity index (χ0n) is 12.7. The second-order valence-electron chi connectivity index (χ2n) is 6.95. The van der Waals surface area contributed by atoms with Gasteiger partial charge < -0.3 is 0 Å². The summed E-state index contributed by atoms with van der Waals surface area (Å²) in [6, 6.07) is 0. The maximum atomic E-state index is 2.52. The van der Waals surface area contributed by atoms with Crippen molar-refractivity contribution in [2.75, 3.05) is 0 Å². The molecule has 0 radical (unpaired) electrons. The van der Waals surface area contributed by atoms with Crippen LogP contribution in [0.5, 0.6) is 0 Å². The van der Waals surface area contributed by atoms with E-state index in [0.717, 1.165) is 11.8 Å². The van der Waals surface area contributed by atoms with Crippen LogP contribution in [0.25, 0.3) is 0 Å². The van der Waals surface area contributed by atoms with E-state index >= 15 is 0 Å². The molecule has 0 unspecified atom stereocenters. The van der Waals surface area contributed by atoms with Crippen molar-refractivity contribution < 1.29 is 0 Å². The Bertz CT molecular complexity index is 213. The van der Waals surface area contributed by atoms with Crippen molar-refractivity contribution in [2.24, 2.45) is 11.8 Å². The van der Waals surface area contributed by atoms with Gasteiger partial charge in [-0.25, -0.2) is 0 Å². The summed E-state index contributed by atoms with van der Waals surface area (Å²) in [5.74, 6) is 1.75. The highest BCUT2D eigenvalue weighted by atomic mass is 28.3. The van der Waals surface area contributed by atoms with Gasteiger partial charge in [-0.05, 0) is 6.92 Å². The molecule has 0 aliphatic rings. The molecule has 2 heteroatoms. The van der Waals surface area contributed by atoms with Gasteiger partial charge >= 0.3 is 0 Å². The molecule has 0 aromatic heterocycles. The molecule has 0 rings (SSSR count). The fraction of sp³-hybridized carbons (Fsp3) is 0.857. The largest absolute Gasteiger partial charge is 0.294 e. The summed E-state index contributed by atoms with van der Waals surface area (Å²) in [7, 11) is -1.06. The average molecular weight is 254 g/mol. The van der Waals surface area contributed by atoms with Gasteiger partial charge in [0.05, 0.1) is 8.07 Å². The topological polar surface area (TPSA) is 0 Å². The maximum absolute atomic E-state index is 2.52. The molecule has 0 aromatic rings. The number of rotatable bonds is 6. The molecule has 0 saturated heterocycles. The zero-order chi connectivity index (χ0) is 12.9. The molecule has 0 nitrogen and oxygen atoms in total. The Hall–Kier alpha value is 0.489. The van der Waals surface area contributed by atoms with Crippen LogP contribution in [0, 0.1) is 11.8 Å². The Balaban J connectivity index is 4.85. The predicted molar refractivity (Wildman–Crippen MR) is 82.1 cm³/mol. The fourth-order valence-electron chi connectivity index (χ4n) is 2.77. The third-order valence-corrected chi connectivity index (χ3v) is 13.2. The Morgan fingerprint density at radius 1 is 1.00 bits per heavy atom. The Morgan fingerprint density at radius 2 is 1.38 bits per heavy atom. The predicted octanol–water partition coefficient (Wildman–Crippen LogP) is 5.16. The minimum atomic E-state index is -1.06. The first kappa shape index (κ1) is 16.5. The van der Waals surface area contributed by atoms with Crippen LogP contribution >= 0.6 is 0 Å². The molecule has 0 N–H and O–H groups in total. The van der Waals surface area contributed by atoms with Crippen LogP contribution < -0.4 is 0 Å². The molecular formula is C14H31AlSi. The second kappa shape index (κ2) is 7.04. The summed E-state index contributed by atoms with van der Waals surface area (Å²) >= 11 is -0.667. The molecular weight excluding hydrogens is 223 g/mol. The third-order valence-electron chi connectivity index (χ3n) is 3.13. The van der Waals surface area contributed by atoms with Crippen molar-refractivity contribution in [3.05, 3.63) is 10.1 Å². The number of hydrogen-bond donors (Lipinski definition) is 0. The fourth-order valence-corrected chi connectivity index (χ4v) is 12.7. The molecule has 0 atom stereocenters. The molecule has 0 amide bonds.